The Morgan fingerprint density at radius 3 is 2.46 bits per heavy atom. The number of carbonyl (C=O) groups is 1. The summed E-state index contributed by atoms with van der Waals surface area (Å²) in [4.78, 5) is 14.4. The summed E-state index contributed by atoms with van der Waals surface area (Å²) in [7, 11) is 4.01. The minimum atomic E-state index is -0.310. The summed E-state index contributed by atoms with van der Waals surface area (Å²) in [6, 6.07) is 9.31. The zero-order valence-electron chi connectivity index (χ0n) is 16.0. The van der Waals surface area contributed by atoms with Crippen molar-refractivity contribution in [3.05, 3.63) is 52.2 Å². The predicted molar refractivity (Wildman–Crippen MR) is 108 cm³/mol. The Morgan fingerprint density at radius 1 is 1.19 bits per heavy atom. The molecular formula is C20H29N3O2S. The van der Waals surface area contributed by atoms with E-state index in [9.17, 15) is 9.90 Å². The van der Waals surface area contributed by atoms with E-state index in [1.165, 1.54) is 5.56 Å². The van der Waals surface area contributed by atoms with Gasteiger partial charge in [-0.15, -0.1) is 0 Å². The van der Waals surface area contributed by atoms with Crippen LogP contribution in [0.3, 0.4) is 0 Å². The number of urea groups is 1. The molecule has 6 heteroatoms. The highest BCUT2D eigenvalue weighted by atomic mass is 32.1. The van der Waals surface area contributed by atoms with Gasteiger partial charge in [-0.1, -0.05) is 12.1 Å². The summed E-state index contributed by atoms with van der Waals surface area (Å²) in [5, 5.41) is 19.6. The lowest BCUT2D eigenvalue weighted by molar-refractivity contribution is 0.222. The fourth-order valence-electron chi connectivity index (χ4n) is 2.85. The Hall–Kier alpha value is -2.05. The highest BCUT2D eigenvalue weighted by Gasteiger charge is 2.22. The number of carbonyl (C=O) groups excluding carboxylic acids is 1. The highest BCUT2D eigenvalue weighted by Crippen LogP contribution is 2.15. The van der Waals surface area contributed by atoms with Gasteiger partial charge >= 0.3 is 6.03 Å². The van der Waals surface area contributed by atoms with Crippen molar-refractivity contribution in [1.82, 2.24) is 15.5 Å². The van der Waals surface area contributed by atoms with Crippen LogP contribution in [-0.4, -0.2) is 48.3 Å². The molecule has 5 nitrogen and oxygen atoms in total. The molecule has 3 N–H and O–H groups in total. The minimum Gasteiger partial charge on any atom is -0.508 e. The van der Waals surface area contributed by atoms with Crippen molar-refractivity contribution in [2.24, 2.45) is 0 Å². The Labute approximate surface area is 160 Å². The van der Waals surface area contributed by atoms with E-state index in [-0.39, 0.29) is 23.4 Å². The van der Waals surface area contributed by atoms with Crippen molar-refractivity contribution < 1.29 is 9.90 Å². The summed E-state index contributed by atoms with van der Waals surface area (Å²) in [6.45, 7) is 4.61. The number of nitrogens with one attached hydrogen (secondary N) is 2. The molecule has 2 amide bonds. The largest absolute Gasteiger partial charge is 0.508 e. The van der Waals surface area contributed by atoms with E-state index in [1.54, 1.807) is 23.5 Å². The number of aromatic hydroxyl groups is 1. The molecule has 0 unspecified atom stereocenters. The number of nitrogens with zero attached hydrogens (tertiary/aromatic N) is 1. The second-order valence-corrected chi connectivity index (χ2v) is 8.30. The number of rotatable bonds is 8. The van der Waals surface area contributed by atoms with Crippen LogP contribution in [0.5, 0.6) is 5.75 Å². The van der Waals surface area contributed by atoms with Gasteiger partial charge in [0, 0.05) is 18.1 Å². The van der Waals surface area contributed by atoms with E-state index >= 15 is 0 Å². The standard InChI is InChI=1S/C20H29N3O2S/c1-20(2,12-16-9-10-26-14-16)22-19(25)21-13-17(23(3)4)11-15-5-7-18(24)8-6-15/h5-10,14,17,24H,11-13H2,1-4H3,(H2,21,22,25)/t17-/m0/s1. The van der Waals surface area contributed by atoms with Gasteiger partial charge in [0.1, 0.15) is 5.75 Å². The number of thiophene rings is 1. The molecule has 26 heavy (non-hydrogen) atoms. The third-order valence-corrected chi connectivity index (χ3v) is 5.05. The molecule has 1 atom stereocenters. The quantitative estimate of drug-likeness (QED) is 0.664. The van der Waals surface area contributed by atoms with Crippen molar-refractivity contribution in [2.75, 3.05) is 20.6 Å². The van der Waals surface area contributed by atoms with Gasteiger partial charge in [-0.05, 0) is 80.9 Å². The first kappa shape index (κ1) is 20.3. The Balaban J connectivity index is 1.85. The van der Waals surface area contributed by atoms with Crippen molar-refractivity contribution in [3.8, 4) is 5.75 Å². The number of hydrogen-bond acceptors (Lipinski definition) is 4. The van der Waals surface area contributed by atoms with Crippen LogP contribution in [0.2, 0.25) is 0 Å². The number of phenolic OH excluding ortho intramolecular Hbond substituents is 1. The first-order valence-corrected chi connectivity index (χ1v) is 9.71. The first-order valence-electron chi connectivity index (χ1n) is 8.76. The van der Waals surface area contributed by atoms with E-state index in [0.717, 1.165) is 18.4 Å². The van der Waals surface area contributed by atoms with Crippen LogP contribution in [0.25, 0.3) is 0 Å². The monoisotopic (exact) mass is 375 g/mol. The molecule has 2 aromatic rings. The van der Waals surface area contributed by atoms with E-state index in [1.807, 2.05) is 40.1 Å². The second kappa shape index (κ2) is 9.05. The van der Waals surface area contributed by atoms with Crippen LogP contribution in [0.4, 0.5) is 4.79 Å². The normalized spacial score (nSPS) is 12.8. The lowest BCUT2D eigenvalue weighted by Gasteiger charge is -2.28. The van der Waals surface area contributed by atoms with Gasteiger partial charge in [-0.25, -0.2) is 4.79 Å². The highest BCUT2D eigenvalue weighted by molar-refractivity contribution is 7.07. The minimum absolute atomic E-state index is 0.150. The Kier molecular flexibility index (Phi) is 7.06. The van der Waals surface area contributed by atoms with E-state index in [4.69, 9.17) is 0 Å². The third kappa shape index (κ3) is 6.69. The predicted octanol–water partition coefficient (Wildman–Crippen LogP) is 3.25. The Morgan fingerprint density at radius 2 is 1.88 bits per heavy atom. The van der Waals surface area contributed by atoms with Crippen LogP contribution in [0.1, 0.15) is 25.0 Å². The Bertz CT molecular complexity index is 682. The maximum absolute atomic E-state index is 12.3. The van der Waals surface area contributed by atoms with Gasteiger partial charge in [-0.2, -0.15) is 11.3 Å². The molecule has 0 radical (unpaired) electrons. The van der Waals surface area contributed by atoms with Gasteiger partial charge in [0.15, 0.2) is 0 Å². The maximum Gasteiger partial charge on any atom is 0.315 e. The van der Waals surface area contributed by atoms with Gasteiger partial charge in [-0.3, -0.25) is 0 Å². The smallest absolute Gasteiger partial charge is 0.315 e. The lowest BCUT2D eigenvalue weighted by atomic mass is 9.97. The third-order valence-electron chi connectivity index (χ3n) is 4.31. The number of benzene rings is 1. The van der Waals surface area contributed by atoms with Crippen molar-refractivity contribution in [2.45, 2.75) is 38.3 Å². The first-order chi connectivity index (χ1) is 12.2. The zero-order valence-corrected chi connectivity index (χ0v) is 16.8. The molecule has 1 aromatic heterocycles. The topological polar surface area (TPSA) is 64.6 Å². The summed E-state index contributed by atoms with van der Waals surface area (Å²) < 4.78 is 0. The van der Waals surface area contributed by atoms with Crippen LogP contribution < -0.4 is 10.6 Å². The molecule has 1 aromatic carbocycles. The van der Waals surface area contributed by atoms with E-state index in [2.05, 4.69) is 32.4 Å². The molecule has 142 valence electrons. The molecule has 0 spiro atoms. The molecule has 0 bridgehead atoms. The van der Waals surface area contributed by atoms with Gasteiger partial charge in [0.25, 0.3) is 0 Å². The van der Waals surface area contributed by atoms with Crippen LogP contribution in [-0.2, 0) is 12.8 Å². The van der Waals surface area contributed by atoms with Crippen LogP contribution in [0.15, 0.2) is 41.1 Å². The second-order valence-electron chi connectivity index (χ2n) is 7.52. The number of phenols is 1. The zero-order chi connectivity index (χ0) is 19.2. The number of hydrogen-bond donors (Lipinski definition) is 3. The fraction of sp³-hybridized carbons (Fsp3) is 0.450. The average Bonchev–Trinajstić information content (AvgIpc) is 3.04. The summed E-state index contributed by atoms with van der Waals surface area (Å²) >= 11 is 1.67. The molecule has 1 heterocycles. The summed E-state index contributed by atoms with van der Waals surface area (Å²) in [5.74, 6) is 0.264. The number of amides is 2. The SMILES string of the molecule is CN(C)[C@H](CNC(=O)NC(C)(C)Cc1ccsc1)Cc1ccc(O)cc1. The molecular weight excluding hydrogens is 346 g/mol. The molecule has 0 fully saturated rings. The van der Waals surface area contributed by atoms with Crippen molar-refractivity contribution in [3.63, 3.8) is 0 Å². The molecule has 2 rings (SSSR count). The van der Waals surface area contributed by atoms with Crippen LogP contribution in [0, 0.1) is 0 Å². The summed E-state index contributed by atoms with van der Waals surface area (Å²) in [5.41, 5.74) is 2.05. The maximum atomic E-state index is 12.3. The van der Waals surface area contributed by atoms with Gasteiger partial charge in [0.05, 0.1) is 0 Å². The summed E-state index contributed by atoms with van der Waals surface area (Å²) in [6.07, 6.45) is 1.60. The molecule has 0 aliphatic heterocycles. The lowest BCUT2D eigenvalue weighted by Crippen LogP contribution is -2.52. The van der Waals surface area contributed by atoms with Crippen LogP contribution >= 0.6 is 11.3 Å². The van der Waals surface area contributed by atoms with Gasteiger partial charge < -0.3 is 20.6 Å². The molecule has 0 saturated carbocycles. The van der Waals surface area contributed by atoms with E-state index < -0.39 is 0 Å². The molecule has 0 saturated heterocycles. The van der Waals surface area contributed by atoms with Crippen molar-refractivity contribution >= 4 is 17.4 Å². The molecule has 0 aliphatic rings. The van der Waals surface area contributed by atoms with E-state index in [0.29, 0.717) is 6.54 Å². The average molecular weight is 376 g/mol. The van der Waals surface area contributed by atoms with Crippen molar-refractivity contribution in [1.29, 1.82) is 0 Å². The molecule has 0 aliphatic carbocycles. The number of likely N-dealkylation sites (N-methyl/N-ethyl adjacent to an activating group) is 1. The fourth-order valence-corrected chi connectivity index (χ4v) is 3.52. The van der Waals surface area contributed by atoms with Gasteiger partial charge in [0.2, 0.25) is 0 Å².